The molecular formula is C20H41IN4O. The first-order valence-corrected chi connectivity index (χ1v) is 10.2. The average molecular weight is 480 g/mol. The van der Waals surface area contributed by atoms with Gasteiger partial charge in [-0.2, -0.15) is 0 Å². The molecule has 0 bridgehead atoms. The van der Waals surface area contributed by atoms with Crippen LogP contribution in [0.2, 0.25) is 0 Å². The van der Waals surface area contributed by atoms with Crippen LogP contribution in [0.25, 0.3) is 0 Å². The first-order chi connectivity index (χ1) is 11.8. The van der Waals surface area contributed by atoms with Crippen LogP contribution in [0.15, 0.2) is 4.99 Å². The number of nitrogens with one attached hydrogen (secondary N) is 2. The van der Waals surface area contributed by atoms with Gasteiger partial charge in [-0.15, -0.1) is 24.0 Å². The molecule has 2 aliphatic rings. The molecule has 2 fully saturated rings. The van der Waals surface area contributed by atoms with Gasteiger partial charge in [-0.1, -0.05) is 20.8 Å². The summed E-state index contributed by atoms with van der Waals surface area (Å²) in [6.07, 6.45) is 5.40. The summed E-state index contributed by atoms with van der Waals surface area (Å²) in [6, 6.07) is 1.27. The Morgan fingerprint density at radius 1 is 1.23 bits per heavy atom. The van der Waals surface area contributed by atoms with E-state index in [1.807, 2.05) is 0 Å². The van der Waals surface area contributed by atoms with Crippen LogP contribution >= 0.6 is 24.0 Å². The number of halogens is 1. The Hall–Kier alpha value is -0.0800. The molecule has 1 aliphatic heterocycles. The standard InChI is InChI=1S/C20H40N4O.HI/c1-7-21-19(22-13-15(2)24(6)17-10-11-17)23-14-16-9-8-12-25-18(16)20(3,4)5;/h15-18H,7-14H2,1-6H3,(H2,21,22,23);1H. The van der Waals surface area contributed by atoms with E-state index >= 15 is 0 Å². The van der Waals surface area contributed by atoms with Crippen molar-refractivity contribution >= 4 is 29.9 Å². The minimum atomic E-state index is 0. The predicted molar refractivity (Wildman–Crippen MR) is 122 cm³/mol. The van der Waals surface area contributed by atoms with Crippen LogP contribution in [0.5, 0.6) is 0 Å². The third-order valence-corrected chi connectivity index (χ3v) is 5.51. The highest BCUT2D eigenvalue weighted by atomic mass is 127. The molecule has 6 heteroatoms. The molecule has 0 radical (unpaired) electrons. The zero-order valence-corrected chi connectivity index (χ0v) is 20.0. The monoisotopic (exact) mass is 480 g/mol. The molecule has 1 saturated heterocycles. The lowest BCUT2D eigenvalue weighted by molar-refractivity contribution is -0.0835. The van der Waals surface area contributed by atoms with Crippen LogP contribution in [-0.4, -0.2) is 62.3 Å². The van der Waals surface area contributed by atoms with Crippen molar-refractivity contribution in [2.75, 3.05) is 33.3 Å². The van der Waals surface area contributed by atoms with Crippen LogP contribution in [0, 0.1) is 11.3 Å². The minimum absolute atomic E-state index is 0. The van der Waals surface area contributed by atoms with Crippen LogP contribution in [0.4, 0.5) is 0 Å². The van der Waals surface area contributed by atoms with E-state index in [4.69, 9.17) is 9.73 Å². The number of nitrogens with zero attached hydrogens (tertiary/aromatic N) is 2. The fraction of sp³-hybridized carbons (Fsp3) is 0.950. The number of likely N-dealkylation sites (N-methyl/N-ethyl adjacent to an activating group) is 1. The first kappa shape index (κ1) is 24.0. The molecule has 0 aromatic carbocycles. The van der Waals surface area contributed by atoms with Crippen molar-refractivity contribution in [2.45, 2.75) is 78.5 Å². The second-order valence-electron chi connectivity index (χ2n) is 8.91. The van der Waals surface area contributed by atoms with E-state index in [1.165, 1.54) is 19.3 Å². The van der Waals surface area contributed by atoms with Crippen molar-refractivity contribution < 1.29 is 4.74 Å². The zero-order valence-electron chi connectivity index (χ0n) is 17.7. The van der Waals surface area contributed by atoms with Gasteiger partial charge in [0.25, 0.3) is 0 Å². The van der Waals surface area contributed by atoms with E-state index in [0.717, 1.165) is 44.7 Å². The minimum Gasteiger partial charge on any atom is -0.377 e. The van der Waals surface area contributed by atoms with E-state index in [-0.39, 0.29) is 29.4 Å². The molecule has 0 amide bonds. The van der Waals surface area contributed by atoms with Gasteiger partial charge in [0.2, 0.25) is 0 Å². The maximum absolute atomic E-state index is 6.10. The van der Waals surface area contributed by atoms with Gasteiger partial charge in [-0.05, 0) is 52.0 Å². The molecule has 2 rings (SSSR count). The summed E-state index contributed by atoms with van der Waals surface area (Å²) >= 11 is 0. The second kappa shape index (κ2) is 11.1. The van der Waals surface area contributed by atoms with Gasteiger partial charge in [-0.3, -0.25) is 9.89 Å². The molecule has 0 spiro atoms. The Morgan fingerprint density at radius 2 is 1.92 bits per heavy atom. The number of guanidine groups is 1. The van der Waals surface area contributed by atoms with Crippen molar-refractivity contribution in [1.82, 2.24) is 15.5 Å². The average Bonchev–Trinajstić information content (AvgIpc) is 3.40. The van der Waals surface area contributed by atoms with E-state index in [2.05, 4.69) is 57.2 Å². The van der Waals surface area contributed by atoms with Gasteiger partial charge in [0.1, 0.15) is 0 Å². The zero-order chi connectivity index (χ0) is 18.4. The van der Waals surface area contributed by atoms with E-state index in [0.29, 0.717) is 18.1 Å². The van der Waals surface area contributed by atoms with Gasteiger partial charge in [0.15, 0.2) is 5.96 Å². The Balaban J connectivity index is 0.00000338. The Bertz CT molecular complexity index is 434. The molecule has 2 N–H and O–H groups in total. The fourth-order valence-corrected chi connectivity index (χ4v) is 3.77. The van der Waals surface area contributed by atoms with Gasteiger partial charge < -0.3 is 15.4 Å². The normalized spacial score (nSPS) is 25.6. The summed E-state index contributed by atoms with van der Waals surface area (Å²) in [5.41, 5.74) is 0.184. The lowest BCUT2D eigenvalue weighted by atomic mass is 9.78. The van der Waals surface area contributed by atoms with E-state index in [1.54, 1.807) is 0 Å². The van der Waals surface area contributed by atoms with E-state index in [9.17, 15) is 0 Å². The topological polar surface area (TPSA) is 48.9 Å². The highest BCUT2D eigenvalue weighted by Crippen LogP contribution is 2.33. The summed E-state index contributed by atoms with van der Waals surface area (Å²) in [4.78, 5) is 7.30. The third-order valence-electron chi connectivity index (χ3n) is 5.51. The van der Waals surface area contributed by atoms with Crippen molar-refractivity contribution in [2.24, 2.45) is 16.3 Å². The van der Waals surface area contributed by atoms with Gasteiger partial charge in [0.05, 0.1) is 12.6 Å². The molecule has 154 valence electrons. The lowest BCUT2D eigenvalue weighted by Crippen LogP contribution is -2.47. The smallest absolute Gasteiger partial charge is 0.191 e. The third kappa shape index (κ3) is 7.50. The van der Waals surface area contributed by atoms with E-state index < -0.39 is 0 Å². The number of ether oxygens (including phenoxy) is 1. The number of rotatable bonds is 7. The highest BCUT2D eigenvalue weighted by molar-refractivity contribution is 14.0. The molecular weight excluding hydrogens is 439 g/mol. The molecule has 3 unspecified atom stereocenters. The molecule has 0 aromatic rings. The van der Waals surface area contributed by atoms with Crippen molar-refractivity contribution in [3.63, 3.8) is 0 Å². The summed E-state index contributed by atoms with van der Waals surface area (Å²) in [5.74, 6) is 1.49. The van der Waals surface area contributed by atoms with Gasteiger partial charge in [-0.25, -0.2) is 0 Å². The van der Waals surface area contributed by atoms with Crippen LogP contribution in [0.3, 0.4) is 0 Å². The number of aliphatic imine (C=N–C) groups is 1. The highest BCUT2D eigenvalue weighted by Gasteiger charge is 2.35. The lowest BCUT2D eigenvalue weighted by Gasteiger charge is -2.40. The fourth-order valence-electron chi connectivity index (χ4n) is 3.77. The Labute approximate surface area is 178 Å². The maximum atomic E-state index is 6.10. The molecule has 1 saturated carbocycles. The molecule has 3 atom stereocenters. The molecule has 0 aromatic heterocycles. The summed E-state index contributed by atoms with van der Waals surface area (Å²) < 4.78 is 6.10. The SMILES string of the molecule is CCNC(=NCC(C)N(C)C1CC1)NCC1CCCOC1C(C)(C)C.I. The molecule has 5 nitrogen and oxygen atoms in total. The number of hydrogen-bond acceptors (Lipinski definition) is 3. The molecule has 1 heterocycles. The van der Waals surface area contributed by atoms with Crippen molar-refractivity contribution in [3.8, 4) is 0 Å². The molecule has 1 aliphatic carbocycles. The summed E-state index contributed by atoms with van der Waals surface area (Å²) in [7, 11) is 2.23. The van der Waals surface area contributed by atoms with Crippen LogP contribution in [0.1, 0.15) is 60.3 Å². The second-order valence-corrected chi connectivity index (χ2v) is 8.91. The predicted octanol–water partition coefficient (Wildman–Crippen LogP) is 3.48. The summed E-state index contributed by atoms with van der Waals surface area (Å²) in [6.45, 7) is 14.8. The Kier molecular flexibility index (Phi) is 10.2. The van der Waals surface area contributed by atoms with Gasteiger partial charge >= 0.3 is 0 Å². The first-order valence-electron chi connectivity index (χ1n) is 10.2. The summed E-state index contributed by atoms with van der Waals surface area (Å²) in [5, 5.41) is 6.97. The van der Waals surface area contributed by atoms with Crippen molar-refractivity contribution in [3.05, 3.63) is 0 Å². The Morgan fingerprint density at radius 3 is 2.50 bits per heavy atom. The van der Waals surface area contributed by atoms with Crippen LogP contribution in [-0.2, 0) is 4.74 Å². The van der Waals surface area contributed by atoms with Gasteiger partial charge in [0, 0.05) is 37.7 Å². The quantitative estimate of drug-likeness (QED) is 0.333. The molecule has 26 heavy (non-hydrogen) atoms. The number of hydrogen-bond donors (Lipinski definition) is 2. The largest absolute Gasteiger partial charge is 0.377 e. The van der Waals surface area contributed by atoms with Crippen molar-refractivity contribution in [1.29, 1.82) is 0 Å². The maximum Gasteiger partial charge on any atom is 0.191 e. The van der Waals surface area contributed by atoms with Crippen LogP contribution < -0.4 is 10.6 Å².